The zero-order valence-corrected chi connectivity index (χ0v) is 18.2. The number of hydrogen-bond donors (Lipinski definition) is 0. The first-order chi connectivity index (χ1) is 13.8. The van der Waals surface area contributed by atoms with Crippen molar-refractivity contribution in [2.75, 3.05) is 6.61 Å². The largest absolute Gasteiger partial charge is 0.494 e. The maximum atomic E-state index is 5.91. The van der Waals surface area contributed by atoms with Crippen molar-refractivity contribution in [3.05, 3.63) is 54.1 Å². The van der Waals surface area contributed by atoms with Crippen molar-refractivity contribution in [2.24, 2.45) is 0 Å². The van der Waals surface area contributed by atoms with E-state index in [1.54, 1.807) is 0 Å². The maximum Gasteiger partial charge on any atom is 0.119 e. The van der Waals surface area contributed by atoms with Crippen LogP contribution in [0.2, 0.25) is 0 Å². The molecule has 0 N–H and O–H groups in total. The van der Waals surface area contributed by atoms with Gasteiger partial charge in [-0.3, -0.25) is 0 Å². The van der Waals surface area contributed by atoms with Gasteiger partial charge in [0.15, 0.2) is 0 Å². The van der Waals surface area contributed by atoms with E-state index < -0.39 is 0 Å². The quantitative estimate of drug-likeness (QED) is 0.281. The molecule has 154 valence electrons. The van der Waals surface area contributed by atoms with Crippen molar-refractivity contribution >= 4 is 0 Å². The van der Waals surface area contributed by atoms with Crippen molar-refractivity contribution in [2.45, 2.75) is 90.9 Å². The van der Waals surface area contributed by atoms with Crippen LogP contribution in [0.15, 0.2) is 48.5 Å². The summed E-state index contributed by atoms with van der Waals surface area (Å²) in [6.07, 6.45) is 15.8. The third-order valence-electron chi connectivity index (χ3n) is 5.48. The Balaban J connectivity index is 1.68. The van der Waals surface area contributed by atoms with Gasteiger partial charge in [0.2, 0.25) is 0 Å². The third-order valence-corrected chi connectivity index (χ3v) is 5.48. The first-order valence-corrected chi connectivity index (χ1v) is 11.7. The van der Waals surface area contributed by atoms with Crippen LogP contribution in [0.25, 0.3) is 11.1 Å². The minimum Gasteiger partial charge on any atom is -0.494 e. The van der Waals surface area contributed by atoms with Crippen LogP contribution in [0.1, 0.15) is 90.0 Å². The highest BCUT2D eigenvalue weighted by Crippen LogP contribution is 2.23. The Morgan fingerprint density at radius 3 is 1.64 bits per heavy atom. The fraction of sp³-hybridized carbons (Fsp3) is 0.556. The molecule has 0 bridgehead atoms. The van der Waals surface area contributed by atoms with Gasteiger partial charge >= 0.3 is 0 Å². The molecule has 1 nitrogen and oxygen atoms in total. The molecule has 28 heavy (non-hydrogen) atoms. The Morgan fingerprint density at radius 1 is 0.536 bits per heavy atom. The smallest absolute Gasteiger partial charge is 0.119 e. The Morgan fingerprint density at radius 2 is 1.04 bits per heavy atom. The van der Waals surface area contributed by atoms with Crippen LogP contribution in [-0.4, -0.2) is 6.61 Å². The second-order valence-corrected chi connectivity index (χ2v) is 8.00. The van der Waals surface area contributed by atoms with Crippen molar-refractivity contribution in [3.8, 4) is 16.9 Å². The molecule has 0 heterocycles. The van der Waals surface area contributed by atoms with Crippen LogP contribution in [0, 0.1) is 0 Å². The van der Waals surface area contributed by atoms with Crippen LogP contribution in [0.3, 0.4) is 0 Å². The standard InChI is InChI=1S/C27H40O/c1-3-5-7-9-10-11-13-23-28-27-21-19-26(20-22-27)25-17-15-24(16-18-25)14-12-8-6-4-2/h15-22H,3-14,23H2,1-2H3. The van der Waals surface area contributed by atoms with Gasteiger partial charge in [0.05, 0.1) is 6.61 Å². The van der Waals surface area contributed by atoms with Crippen molar-refractivity contribution in [1.29, 1.82) is 0 Å². The lowest BCUT2D eigenvalue weighted by Crippen LogP contribution is -1.97. The summed E-state index contributed by atoms with van der Waals surface area (Å²) < 4.78 is 5.91. The molecule has 0 aliphatic heterocycles. The average Bonchev–Trinajstić information content (AvgIpc) is 2.74. The Kier molecular flexibility index (Phi) is 11.5. The second kappa shape index (κ2) is 14.3. The Hall–Kier alpha value is -1.76. The van der Waals surface area contributed by atoms with Gasteiger partial charge in [0.1, 0.15) is 5.75 Å². The van der Waals surface area contributed by atoms with Gasteiger partial charge in [0, 0.05) is 0 Å². The monoisotopic (exact) mass is 380 g/mol. The lowest BCUT2D eigenvalue weighted by atomic mass is 10.0. The molecule has 0 spiro atoms. The number of benzene rings is 2. The van der Waals surface area contributed by atoms with E-state index in [4.69, 9.17) is 4.74 Å². The summed E-state index contributed by atoms with van der Waals surface area (Å²) in [5, 5.41) is 0. The Labute approximate surface area is 173 Å². The molecule has 0 atom stereocenters. The van der Waals surface area contributed by atoms with Gasteiger partial charge in [-0.15, -0.1) is 0 Å². The molecule has 2 aromatic carbocycles. The minimum atomic E-state index is 0.833. The van der Waals surface area contributed by atoms with Gasteiger partial charge in [-0.1, -0.05) is 108 Å². The lowest BCUT2D eigenvalue weighted by Gasteiger charge is -2.08. The van der Waals surface area contributed by atoms with Gasteiger partial charge in [-0.2, -0.15) is 0 Å². The lowest BCUT2D eigenvalue weighted by molar-refractivity contribution is 0.304. The van der Waals surface area contributed by atoms with Crippen LogP contribution in [-0.2, 0) is 6.42 Å². The van der Waals surface area contributed by atoms with E-state index in [1.165, 1.54) is 87.3 Å². The highest BCUT2D eigenvalue weighted by atomic mass is 16.5. The van der Waals surface area contributed by atoms with Crippen LogP contribution in [0.4, 0.5) is 0 Å². The molecular formula is C27H40O. The van der Waals surface area contributed by atoms with Gasteiger partial charge in [-0.05, 0) is 48.1 Å². The van der Waals surface area contributed by atoms with Gasteiger partial charge in [0.25, 0.3) is 0 Å². The normalized spacial score (nSPS) is 10.9. The molecule has 0 aliphatic carbocycles. The van der Waals surface area contributed by atoms with Crippen molar-refractivity contribution in [3.63, 3.8) is 0 Å². The van der Waals surface area contributed by atoms with E-state index in [0.29, 0.717) is 0 Å². The Bertz CT molecular complexity index is 612. The van der Waals surface area contributed by atoms with E-state index >= 15 is 0 Å². The predicted octanol–water partition coefficient (Wildman–Crippen LogP) is 8.61. The minimum absolute atomic E-state index is 0.833. The summed E-state index contributed by atoms with van der Waals surface area (Å²) in [6, 6.07) is 17.6. The molecule has 2 aromatic rings. The highest BCUT2D eigenvalue weighted by Gasteiger charge is 2.01. The number of ether oxygens (including phenoxy) is 1. The number of rotatable bonds is 15. The van der Waals surface area contributed by atoms with E-state index in [2.05, 4.69) is 62.4 Å². The first kappa shape index (κ1) is 22.5. The number of hydrogen-bond acceptors (Lipinski definition) is 1. The molecule has 0 saturated carbocycles. The van der Waals surface area contributed by atoms with E-state index in [1.807, 2.05) is 0 Å². The van der Waals surface area contributed by atoms with Gasteiger partial charge in [-0.25, -0.2) is 0 Å². The summed E-state index contributed by atoms with van der Waals surface area (Å²) in [7, 11) is 0. The summed E-state index contributed by atoms with van der Waals surface area (Å²) in [6.45, 7) is 5.37. The molecule has 0 fully saturated rings. The predicted molar refractivity (Wildman–Crippen MR) is 123 cm³/mol. The fourth-order valence-electron chi connectivity index (χ4n) is 3.61. The second-order valence-electron chi connectivity index (χ2n) is 8.00. The van der Waals surface area contributed by atoms with Crippen LogP contribution in [0.5, 0.6) is 5.75 Å². The molecule has 1 heteroatoms. The molecule has 0 radical (unpaired) electrons. The molecule has 0 aromatic heterocycles. The molecular weight excluding hydrogens is 340 g/mol. The summed E-state index contributed by atoms with van der Waals surface area (Å²) in [5.74, 6) is 0.988. The molecule has 0 amide bonds. The SMILES string of the molecule is CCCCCCCCCOc1ccc(-c2ccc(CCCCCC)cc2)cc1. The summed E-state index contributed by atoms with van der Waals surface area (Å²) in [5.41, 5.74) is 4.01. The van der Waals surface area contributed by atoms with Crippen LogP contribution < -0.4 is 4.74 Å². The zero-order valence-electron chi connectivity index (χ0n) is 18.2. The van der Waals surface area contributed by atoms with Crippen molar-refractivity contribution in [1.82, 2.24) is 0 Å². The van der Waals surface area contributed by atoms with E-state index in [9.17, 15) is 0 Å². The fourth-order valence-corrected chi connectivity index (χ4v) is 3.61. The summed E-state index contributed by atoms with van der Waals surface area (Å²) >= 11 is 0. The zero-order chi connectivity index (χ0) is 19.9. The topological polar surface area (TPSA) is 9.23 Å². The maximum absolute atomic E-state index is 5.91. The molecule has 0 unspecified atom stereocenters. The van der Waals surface area contributed by atoms with Crippen molar-refractivity contribution < 1.29 is 4.74 Å². The first-order valence-electron chi connectivity index (χ1n) is 11.7. The average molecular weight is 381 g/mol. The number of unbranched alkanes of at least 4 members (excludes halogenated alkanes) is 9. The van der Waals surface area contributed by atoms with Gasteiger partial charge < -0.3 is 4.74 Å². The molecule has 2 rings (SSSR count). The highest BCUT2D eigenvalue weighted by molar-refractivity contribution is 5.64. The van der Waals surface area contributed by atoms with E-state index in [-0.39, 0.29) is 0 Å². The molecule has 0 saturated heterocycles. The number of aryl methyl sites for hydroxylation is 1. The van der Waals surface area contributed by atoms with E-state index in [0.717, 1.165) is 18.8 Å². The third kappa shape index (κ3) is 8.95. The van der Waals surface area contributed by atoms with Crippen LogP contribution >= 0.6 is 0 Å². The molecule has 0 aliphatic rings. The summed E-state index contributed by atoms with van der Waals surface area (Å²) in [4.78, 5) is 0.